The first-order valence-electron chi connectivity index (χ1n) is 5.30. The zero-order chi connectivity index (χ0) is 12.4. The van der Waals surface area contributed by atoms with Gasteiger partial charge in [-0.2, -0.15) is 0 Å². The van der Waals surface area contributed by atoms with Gasteiger partial charge in [-0.1, -0.05) is 6.07 Å². The number of halogens is 1. The molecule has 0 saturated carbocycles. The summed E-state index contributed by atoms with van der Waals surface area (Å²) in [7, 11) is 0. The first kappa shape index (κ1) is 11.7. The number of rotatable bonds is 2. The predicted molar refractivity (Wildman–Crippen MR) is 62.0 cm³/mol. The number of hydrogen-bond acceptors (Lipinski definition) is 3. The molecule has 1 atom stereocenters. The molecule has 2 rings (SSSR count). The van der Waals surface area contributed by atoms with Crippen LogP contribution < -0.4 is 0 Å². The summed E-state index contributed by atoms with van der Waals surface area (Å²) in [5, 5.41) is 10.1. The predicted octanol–water partition coefficient (Wildman–Crippen LogP) is 2.31. The Morgan fingerprint density at radius 1 is 1.18 bits per heavy atom. The number of hydrogen-bond donors (Lipinski definition) is 1. The fourth-order valence-corrected chi connectivity index (χ4v) is 1.61. The lowest BCUT2D eigenvalue weighted by Gasteiger charge is -2.13. The zero-order valence-electron chi connectivity index (χ0n) is 9.68. The normalized spacial score (nSPS) is 12.5. The summed E-state index contributed by atoms with van der Waals surface area (Å²) in [6.45, 7) is 3.64. The van der Waals surface area contributed by atoms with Gasteiger partial charge in [-0.05, 0) is 37.1 Å². The monoisotopic (exact) mass is 232 g/mol. The second kappa shape index (κ2) is 4.59. The molecule has 0 fully saturated rings. The molecular formula is C13H13FN2O. The molecule has 0 amide bonds. The van der Waals surface area contributed by atoms with Gasteiger partial charge in [-0.25, -0.2) is 4.39 Å². The van der Waals surface area contributed by atoms with Crippen molar-refractivity contribution in [2.45, 2.75) is 20.0 Å². The molecule has 1 aromatic carbocycles. The number of nitrogens with zero attached hydrogens (tertiary/aromatic N) is 2. The highest BCUT2D eigenvalue weighted by Crippen LogP contribution is 2.23. The fourth-order valence-electron chi connectivity index (χ4n) is 1.61. The third-order valence-corrected chi connectivity index (χ3v) is 2.62. The van der Waals surface area contributed by atoms with E-state index in [0.717, 1.165) is 11.3 Å². The van der Waals surface area contributed by atoms with Crippen LogP contribution in [0.5, 0.6) is 0 Å². The van der Waals surface area contributed by atoms with Crippen LogP contribution in [-0.4, -0.2) is 15.1 Å². The standard InChI is InChI=1S/C13H13FN2O/c1-8-3-4-10(14)5-11(8)13(17)12-7-15-9(2)6-16-12/h3-7,13,17H,1-2H3. The second-order valence-corrected chi connectivity index (χ2v) is 3.99. The lowest BCUT2D eigenvalue weighted by atomic mass is 10.0. The SMILES string of the molecule is Cc1cnc(C(O)c2cc(F)ccc2C)cn1. The van der Waals surface area contributed by atoms with Crippen LogP contribution in [0.2, 0.25) is 0 Å². The van der Waals surface area contributed by atoms with Gasteiger partial charge in [0.05, 0.1) is 17.6 Å². The topological polar surface area (TPSA) is 46.0 Å². The molecule has 0 aliphatic rings. The quantitative estimate of drug-likeness (QED) is 0.864. The van der Waals surface area contributed by atoms with Crippen LogP contribution in [0, 0.1) is 19.7 Å². The van der Waals surface area contributed by atoms with Gasteiger partial charge in [0.15, 0.2) is 0 Å². The van der Waals surface area contributed by atoms with Gasteiger partial charge in [0.2, 0.25) is 0 Å². The molecule has 1 N–H and O–H groups in total. The minimum Gasteiger partial charge on any atom is -0.382 e. The smallest absolute Gasteiger partial charge is 0.123 e. The Balaban J connectivity index is 2.39. The van der Waals surface area contributed by atoms with E-state index in [4.69, 9.17) is 0 Å². The van der Waals surface area contributed by atoms with Crippen molar-refractivity contribution in [2.24, 2.45) is 0 Å². The maximum atomic E-state index is 13.1. The molecule has 0 saturated heterocycles. The Morgan fingerprint density at radius 2 is 1.94 bits per heavy atom. The highest BCUT2D eigenvalue weighted by molar-refractivity contribution is 5.32. The summed E-state index contributed by atoms with van der Waals surface area (Å²) in [5.74, 6) is -0.371. The molecule has 17 heavy (non-hydrogen) atoms. The third-order valence-electron chi connectivity index (χ3n) is 2.62. The Labute approximate surface area is 99.0 Å². The number of aromatic nitrogens is 2. The molecule has 0 bridgehead atoms. The van der Waals surface area contributed by atoms with Gasteiger partial charge in [0, 0.05) is 6.20 Å². The van der Waals surface area contributed by atoms with Gasteiger partial charge < -0.3 is 5.11 Å². The zero-order valence-corrected chi connectivity index (χ0v) is 9.68. The van der Waals surface area contributed by atoms with Crippen molar-refractivity contribution in [1.29, 1.82) is 0 Å². The Morgan fingerprint density at radius 3 is 2.59 bits per heavy atom. The van der Waals surface area contributed by atoms with E-state index in [1.165, 1.54) is 18.3 Å². The van der Waals surface area contributed by atoms with E-state index in [0.29, 0.717) is 11.3 Å². The van der Waals surface area contributed by atoms with Crippen molar-refractivity contribution in [3.8, 4) is 0 Å². The molecule has 1 unspecified atom stereocenters. The van der Waals surface area contributed by atoms with Crippen LogP contribution in [0.15, 0.2) is 30.6 Å². The molecule has 0 spiro atoms. The largest absolute Gasteiger partial charge is 0.382 e. The average molecular weight is 232 g/mol. The summed E-state index contributed by atoms with van der Waals surface area (Å²) < 4.78 is 13.1. The highest BCUT2D eigenvalue weighted by atomic mass is 19.1. The fraction of sp³-hybridized carbons (Fsp3) is 0.231. The van der Waals surface area contributed by atoms with E-state index in [1.807, 2.05) is 13.8 Å². The molecule has 4 heteroatoms. The minimum atomic E-state index is -0.946. The number of aliphatic hydroxyl groups is 1. The average Bonchev–Trinajstić information content (AvgIpc) is 2.32. The minimum absolute atomic E-state index is 0.371. The Bertz CT molecular complexity index is 525. The second-order valence-electron chi connectivity index (χ2n) is 3.99. The van der Waals surface area contributed by atoms with Gasteiger partial charge in [0.25, 0.3) is 0 Å². The van der Waals surface area contributed by atoms with E-state index in [2.05, 4.69) is 9.97 Å². The van der Waals surface area contributed by atoms with Crippen molar-refractivity contribution in [1.82, 2.24) is 9.97 Å². The summed E-state index contributed by atoms with van der Waals surface area (Å²) in [6.07, 6.45) is 2.14. The van der Waals surface area contributed by atoms with Crippen molar-refractivity contribution >= 4 is 0 Å². The van der Waals surface area contributed by atoms with E-state index in [9.17, 15) is 9.50 Å². The summed E-state index contributed by atoms with van der Waals surface area (Å²) in [4.78, 5) is 8.15. The molecule has 88 valence electrons. The van der Waals surface area contributed by atoms with Crippen LogP contribution in [0.4, 0.5) is 4.39 Å². The molecular weight excluding hydrogens is 219 g/mol. The Kier molecular flexibility index (Phi) is 3.15. The first-order chi connectivity index (χ1) is 8.08. The molecule has 0 radical (unpaired) electrons. The van der Waals surface area contributed by atoms with Crippen LogP contribution in [0.1, 0.15) is 28.6 Å². The van der Waals surface area contributed by atoms with E-state index in [1.54, 1.807) is 12.3 Å². The van der Waals surface area contributed by atoms with Gasteiger partial charge in [0.1, 0.15) is 11.9 Å². The lowest BCUT2D eigenvalue weighted by Crippen LogP contribution is -2.05. The van der Waals surface area contributed by atoms with Crippen molar-refractivity contribution < 1.29 is 9.50 Å². The molecule has 3 nitrogen and oxygen atoms in total. The molecule has 0 aliphatic heterocycles. The molecule has 1 heterocycles. The third kappa shape index (κ3) is 2.47. The Hall–Kier alpha value is -1.81. The number of aryl methyl sites for hydroxylation is 2. The van der Waals surface area contributed by atoms with Gasteiger partial charge in [-0.3, -0.25) is 9.97 Å². The first-order valence-corrected chi connectivity index (χ1v) is 5.30. The lowest BCUT2D eigenvalue weighted by molar-refractivity contribution is 0.213. The summed E-state index contributed by atoms with van der Waals surface area (Å²) in [6, 6.07) is 4.32. The molecule has 1 aromatic heterocycles. The number of benzene rings is 1. The molecule has 0 aliphatic carbocycles. The summed E-state index contributed by atoms with van der Waals surface area (Å²) >= 11 is 0. The maximum Gasteiger partial charge on any atom is 0.123 e. The van der Waals surface area contributed by atoms with Gasteiger partial charge in [-0.15, -0.1) is 0 Å². The van der Waals surface area contributed by atoms with Crippen molar-refractivity contribution in [3.05, 3.63) is 58.9 Å². The van der Waals surface area contributed by atoms with E-state index >= 15 is 0 Å². The van der Waals surface area contributed by atoms with Crippen LogP contribution in [-0.2, 0) is 0 Å². The van der Waals surface area contributed by atoms with E-state index in [-0.39, 0.29) is 5.82 Å². The maximum absolute atomic E-state index is 13.1. The van der Waals surface area contributed by atoms with Crippen LogP contribution in [0.25, 0.3) is 0 Å². The van der Waals surface area contributed by atoms with Crippen LogP contribution in [0.3, 0.4) is 0 Å². The highest BCUT2D eigenvalue weighted by Gasteiger charge is 2.15. The van der Waals surface area contributed by atoms with Crippen molar-refractivity contribution in [2.75, 3.05) is 0 Å². The van der Waals surface area contributed by atoms with E-state index < -0.39 is 6.10 Å². The molecule has 2 aromatic rings. The van der Waals surface area contributed by atoms with Crippen LogP contribution >= 0.6 is 0 Å². The number of aliphatic hydroxyl groups excluding tert-OH is 1. The van der Waals surface area contributed by atoms with Gasteiger partial charge >= 0.3 is 0 Å². The van der Waals surface area contributed by atoms with Crippen molar-refractivity contribution in [3.63, 3.8) is 0 Å². The summed E-state index contributed by atoms with van der Waals surface area (Å²) in [5.41, 5.74) is 2.53.